The summed E-state index contributed by atoms with van der Waals surface area (Å²) in [4.78, 5) is 0. The molecule has 0 unspecified atom stereocenters. The maximum absolute atomic E-state index is 10.0. The van der Waals surface area contributed by atoms with Crippen molar-refractivity contribution in [3.8, 4) is 0 Å². The molecule has 6 N–H and O–H groups in total. The molecule has 0 aromatic carbocycles. The maximum atomic E-state index is 10.0. The highest BCUT2D eigenvalue weighted by Crippen LogP contribution is 2.41. The first kappa shape index (κ1) is 20.5. The summed E-state index contributed by atoms with van der Waals surface area (Å²) >= 11 is 2.94. The highest BCUT2D eigenvalue weighted by molar-refractivity contribution is 8.18. The van der Waals surface area contributed by atoms with Crippen LogP contribution in [-0.4, -0.2) is 83.9 Å². The van der Waals surface area contributed by atoms with E-state index in [1.165, 1.54) is 23.5 Å². The van der Waals surface area contributed by atoms with E-state index in [1.54, 1.807) is 0 Å². The van der Waals surface area contributed by atoms with Crippen LogP contribution in [0.5, 0.6) is 0 Å². The number of aliphatic hydroxyl groups is 6. The second-order valence-electron chi connectivity index (χ2n) is 4.44. The van der Waals surface area contributed by atoms with Gasteiger partial charge in [-0.25, -0.2) is 0 Å². The number of rotatable bonds is 11. The van der Waals surface area contributed by atoms with Crippen molar-refractivity contribution in [3.05, 3.63) is 0 Å². The Hall–Kier alpha value is 0.460. The molecule has 20 heavy (non-hydrogen) atoms. The summed E-state index contributed by atoms with van der Waals surface area (Å²) in [5.74, 6) is 1.47. The molecule has 0 amide bonds. The fourth-order valence-corrected chi connectivity index (χ4v) is 4.70. The summed E-state index contributed by atoms with van der Waals surface area (Å²) in [5, 5.41) is 57.0. The lowest BCUT2D eigenvalue weighted by Crippen LogP contribution is -2.48. The molecule has 0 saturated carbocycles. The molecule has 0 radical (unpaired) electrons. The van der Waals surface area contributed by atoms with Crippen molar-refractivity contribution in [2.75, 3.05) is 24.7 Å². The number of hydrogen-bond acceptors (Lipinski definition) is 8. The van der Waals surface area contributed by atoms with Crippen LogP contribution in [0.2, 0.25) is 0 Å². The molecular formula is C12H26O6S2. The zero-order valence-corrected chi connectivity index (χ0v) is 13.5. The SMILES string of the molecule is CCSC(CO)(C[C@@H](O)[C@@H](O)[C@H](O)[C@H](O)CO)SCC. The minimum Gasteiger partial charge on any atom is -0.394 e. The molecule has 0 heterocycles. The molecule has 0 fully saturated rings. The van der Waals surface area contributed by atoms with Crippen LogP contribution >= 0.6 is 23.5 Å². The van der Waals surface area contributed by atoms with Gasteiger partial charge in [0.15, 0.2) is 0 Å². The van der Waals surface area contributed by atoms with Crippen molar-refractivity contribution in [2.45, 2.75) is 48.8 Å². The quantitative estimate of drug-likeness (QED) is 0.267. The minimum absolute atomic E-state index is 0.0664. The predicted octanol–water partition coefficient (Wildman–Crippen LogP) is -0.993. The van der Waals surface area contributed by atoms with Gasteiger partial charge < -0.3 is 30.6 Å². The van der Waals surface area contributed by atoms with E-state index < -0.39 is 35.1 Å². The van der Waals surface area contributed by atoms with Gasteiger partial charge in [-0.1, -0.05) is 13.8 Å². The van der Waals surface area contributed by atoms with Crippen molar-refractivity contribution in [2.24, 2.45) is 0 Å². The van der Waals surface area contributed by atoms with Gasteiger partial charge in [0.05, 0.1) is 23.4 Å². The Morgan fingerprint density at radius 2 is 1.30 bits per heavy atom. The van der Waals surface area contributed by atoms with Crippen molar-refractivity contribution in [3.63, 3.8) is 0 Å². The van der Waals surface area contributed by atoms with E-state index in [9.17, 15) is 25.5 Å². The summed E-state index contributed by atoms with van der Waals surface area (Å²) < 4.78 is -0.659. The maximum Gasteiger partial charge on any atom is 0.110 e. The molecule has 0 aliphatic carbocycles. The molecule has 0 aliphatic heterocycles. The molecule has 0 saturated heterocycles. The van der Waals surface area contributed by atoms with Crippen LogP contribution in [0.4, 0.5) is 0 Å². The summed E-state index contributed by atoms with van der Waals surface area (Å²) in [6.45, 7) is 2.98. The molecule has 6 nitrogen and oxygen atoms in total. The van der Waals surface area contributed by atoms with E-state index in [2.05, 4.69) is 0 Å². The normalized spacial score (nSPS) is 18.6. The van der Waals surface area contributed by atoms with Gasteiger partial charge in [0.2, 0.25) is 0 Å². The van der Waals surface area contributed by atoms with E-state index in [0.717, 1.165) is 11.5 Å². The summed E-state index contributed by atoms with van der Waals surface area (Å²) in [6, 6.07) is 0. The first-order valence-corrected chi connectivity index (χ1v) is 8.56. The van der Waals surface area contributed by atoms with Gasteiger partial charge in [-0.2, -0.15) is 0 Å². The monoisotopic (exact) mass is 330 g/mol. The van der Waals surface area contributed by atoms with E-state index in [1.807, 2.05) is 13.8 Å². The molecule has 8 heteroatoms. The van der Waals surface area contributed by atoms with Crippen molar-refractivity contribution in [1.29, 1.82) is 0 Å². The lowest BCUT2D eigenvalue weighted by atomic mass is 10.00. The molecule has 0 bridgehead atoms. The van der Waals surface area contributed by atoms with Crippen molar-refractivity contribution >= 4 is 23.5 Å². The summed E-state index contributed by atoms with van der Waals surface area (Å²) in [5.41, 5.74) is 0. The van der Waals surface area contributed by atoms with Gasteiger partial charge >= 0.3 is 0 Å². The number of aliphatic hydroxyl groups excluding tert-OH is 6. The van der Waals surface area contributed by atoms with Crippen LogP contribution in [0.25, 0.3) is 0 Å². The van der Waals surface area contributed by atoms with Crippen LogP contribution in [0.3, 0.4) is 0 Å². The van der Waals surface area contributed by atoms with Gasteiger partial charge in [0.1, 0.15) is 18.3 Å². The molecule has 0 spiro atoms. The zero-order chi connectivity index (χ0) is 15.8. The molecule has 4 atom stereocenters. The third kappa shape index (κ3) is 6.07. The molecule has 0 rings (SSSR count). The number of thioether (sulfide) groups is 2. The molecule has 0 aliphatic rings. The van der Waals surface area contributed by atoms with E-state index in [4.69, 9.17) is 5.11 Å². The highest BCUT2D eigenvalue weighted by Gasteiger charge is 2.38. The Morgan fingerprint density at radius 1 is 0.850 bits per heavy atom. The van der Waals surface area contributed by atoms with E-state index in [-0.39, 0.29) is 13.0 Å². The summed E-state index contributed by atoms with van der Waals surface area (Å²) in [7, 11) is 0. The zero-order valence-electron chi connectivity index (χ0n) is 11.8. The van der Waals surface area contributed by atoms with Crippen LogP contribution < -0.4 is 0 Å². The van der Waals surface area contributed by atoms with Crippen LogP contribution in [0.1, 0.15) is 20.3 Å². The lowest BCUT2D eigenvalue weighted by molar-refractivity contribution is -0.117. The predicted molar refractivity (Wildman–Crippen MR) is 81.8 cm³/mol. The van der Waals surface area contributed by atoms with E-state index >= 15 is 0 Å². The summed E-state index contributed by atoms with van der Waals surface area (Å²) in [6.07, 6.45) is -5.98. The van der Waals surface area contributed by atoms with Gasteiger partial charge in [0.25, 0.3) is 0 Å². The minimum atomic E-state index is -1.63. The van der Waals surface area contributed by atoms with Crippen LogP contribution in [0, 0.1) is 0 Å². The Balaban J connectivity index is 4.77. The van der Waals surface area contributed by atoms with Crippen LogP contribution in [-0.2, 0) is 0 Å². The number of hydrogen-bond donors (Lipinski definition) is 6. The molecule has 122 valence electrons. The Morgan fingerprint density at radius 3 is 1.65 bits per heavy atom. The Labute approximate surface area is 128 Å². The lowest BCUT2D eigenvalue weighted by Gasteiger charge is -2.35. The first-order valence-electron chi connectivity index (χ1n) is 6.59. The largest absolute Gasteiger partial charge is 0.394 e. The molecule has 0 aromatic heterocycles. The average molecular weight is 330 g/mol. The smallest absolute Gasteiger partial charge is 0.110 e. The molecular weight excluding hydrogens is 304 g/mol. The second kappa shape index (κ2) is 10.2. The van der Waals surface area contributed by atoms with Crippen LogP contribution in [0.15, 0.2) is 0 Å². The first-order chi connectivity index (χ1) is 9.37. The van der Waals surface area contributed by atoms with Gasteiger partial charge in [-0.05, 0) is 11.5 Å². The highest BCUT2D eigenvalue weighted by atomic mass is 32.2. The fraction of sp³-hybridized carbons (Fsp3) is 1.00. The van der Waals surface area contributed by atoms with Crippen molar-refractivity contribution in [1.82, 2.24) is 0 Å². The van der Waals surface area contributed by atoms with Gasteiger partial charge in [-0.15, -0.1) is 23.5 Å². The fourth-order valence-electron chi connectivity index (χ4n) is 1.84. The Kier molecular flexibility index (Phi) is 10.5. The third-order valence-electron chi connectivity index (χ3n) is 2.90. The Bertz CT molecular complexity index is 250. The topological polar surface area (TPSA) is 121 Å². The standard InChI is InChI=1S/C12H26O6S2/c1-3-19-12(7-14,20-4-2)5-8(15)10(17)11(18)9(16)6-13/h8-11,13-18H,3-7H2,1-2H3/t8-,9-,10-,11-/m1/s1. The van der Waals surface area contributed by atoms with E-state index in [0.29, 0.717) is 0 Å². The van der Waals surface area contributed by atoms with Gasteiger partial charge in [0, 0.05) is 6.42 Å². The van der Waals surface area contributed by atoms with Crippen molar-refractivity contribution < 1.29 is 30.6 Å². The van der Waals surface area contributed by atoms with Gasteiger partial charge in [-0.3, -0.25) is 0 Å². The average Bonchev–Trinajstić information content (AvgIpc) is 2.45. The third-order valence-corrected chi connectivity index (χ3v) is 5.83. The second-order valence-corrected chi connectivity index (χ2v) is 7.99. The molecule has 0 aromatic rings.